The summed E-state index contributed by atoms with van der Waals surface area (Å²) in [6.45, 7) is 2.56. The van der Waals surface area contributed by atoms with Gasteiger partial charge in [-0.05, 0) is 35.9 Å². The normalized spacial score (nSPS) is 16.7. The van der Waals surface area contributed by atoms with Crippen LogP contribution in [0.2, 0.25) is 0 Å². The SMILES string of the molecule is COc1cccc(/C=C2/N=C(SCC(=O)Nc3c[n+](N4CCOCC4)no3)N(c3ccccc3)C2=O)c1. The number of ether oxygens (including phenoxy) is 2. The second-order valence-electron chi connectivity index (χ2n) is 8.07. The van der Waals surface area contributed by atoms with Crippen LogP contribution in [0.5, 0.6) is 5.75 Å². The van der Waals surface area contributed by atoms with Crippen molar-refractivity contribution in [2.24, 2.45) is 4.99 Å². The molecule has 0 atom stereocenters. The van der Waals surface area contributed by atoms with Gasteiger partial charge in [-0.25, -0.2) is 4.99 Å². The number of nitrogens with one attached hydrogen (secondary N) is 1. The summed E-state index contributed by atoms with van der Waals surface area (Å²) in [5.74, 6) is 0.319. The summed E-state index contributed by atoms with van der Waals surface area (Å²) in [5, 5.41) is 9.00. The van der Waals surface area contributed by atoms with Gasteiger partial charge in [0.2, 0.25) is 11.2 Å². The van der Waals surface area contributed by atoms with E-state index in [9.17, 15) is 9.59 Å². The first-order chi connectivity index (χ1) is 18.1. The molecule has 2 aromatic carbocycles. The Balaban J connectivity index is 1.30. The molecule has 5 rings (SSSR count). The number of nitrogens with zero attached hydrogens (tertiary/aromatic N) is 5. The van der Waals surface area contributed by atoms with Crippen LogP contribution in [-0.2, 0) is 14.3 Å². The summed E-state index contributed by atoms with van der Waals surface area (Å²) < 4.78 is 15.9. The van der Waals surface area contributed by atoms with Crippen LogP contribution in [0.3, 0.4) is 0 Å². The Morgan fingerprint density at radius 1 is 1.19 bits per heavy atom. The number of thioether (sulfide) groups is 1. The lowest BCUT2D eigenvalue weighted by molar-refractivity contribution is -0.759. The summed E-state index contributed by atoms with van der Waals surface area (Å²) in [6, 6.07) is 16.6. The molecule has 37 heavy (non-hydrogen) atoms. The van der Waals surface area contributed by atoms with E-state index in [1.165, 1.54) is 4.90 Å². The van der Waals surface area contributed by atoms with Gasteiger partial charge in [-0.1, -0.05) is 42.1 Å². The van der Waals surface area contributed by atoms with E-state index in [-0.39, 0.29) is 29.1 Å². The Morgan fingerprint density at radius 2 is 2.00 bits per heavy atom. The maximum atomic E-state index is 13.3. The molecule has 1 fully saturated rings. The van der Waals surface area contributed by atoms with Crippen LogP contribution >= 0.6 is 11.8 Å². The fourth-order valence-corrected chi connectivity index (χ4v) is 4.59. The van der Waals surface area contributed by atoms with Gasteiger partial charge in [-0.15, -0.1) is 5.01 Å². The number of amidine groups is 1. The molecule has 2 aliphatic heterocycles. The summed E-state index contributed by atoms with van der Waals surface area (Å²) in [5.41, 5.74) is 1.71. The lowest BCUT2D eigenvalue weighted by Gasteiger charge is -2.18. The van der Waals surface area contributed by atoms with Crippen LogP contribution in [0.15, 0.2) is 76.0 Å². The first-order valence-electron chi connectivity index (χ1n) is 11.6. The van der Waals surface area contributed by atoms with E-state index in [0.29, 0.717) is 42.9 Å². The second-order valence-corrected chi connectivity index (χ2v) is 9.01. The molecule has 1 saturated heterocycles. The number of carbonyl (C=O) groups excluding carboxylic acids is 2. The quantitative estimate of drug-likeness (QED) is 0.371. The number of para-hydroxylation sites is 1. The Bertz CT molecular complexity index is 1340. The zero-order valence-corrected chi connectivity index (χ0v) is 20.9. The average Bonchev–Trinajstić information content (AvgIpc) is 3.52. The molecule has 12 heteroatoms. The highest BCUT2D eigenvalue weighted by atomic mass is 32.2. The van der Waals surface area contributed by atoms with Crippen molar-refractivity contribution in [1.82, 2.24) is 5.27 Å². The lowest BCUT2D eigenvalue weighted by atomic mass is 10.2. The van der Waals surface area contributed by atoms with Crippen LogP contribution < -0.4 is 24.8 Å². The van der Waals surface area contributed by atoms with Crippen LogP contribution in [0.4, 0.5) is 11.6 Å². The van der Waals surface area contributed by atoms with Crippen molar-refractivity contribution < 1.29 is 28.4 Å². The van der Waals surface area contributed by atoms with Crippen molar-refractivity contribution in [3.63, 3.8) is 0 Å². The number of methoxy groups -OCH3 is 1. The van der Waals surface area contributed by atoms with Gasteiger partial charge in [-0.3, -0.25) is 24.3 Å². The highest BCUT2D eigenvalue weighted by Crippen LogP contribution is 2.29. The monoisotopic (exact) mass is 521 g/mol. The van der Waals surface area contributed by atoms with Gasteiger partial charge in [0, 0.05) is 0 Å². The van der Waals surface area contributed by atoms with E-state index < -0.39 is 0 Å². The van der Waals surface area contributed by atoms with Crippen molar-refractivity contribution >= 4 is 46.4 Å². The molecule has 2 amide bonds. The van der Waals surface area contributed by atoms with Gasteiger partial charge < -0.3 is 9.47 Å². The van der Waals surface area contributed by atoms with Crippen LogP contribution in [-0.4, -0.2) is 61.4 Å². The first-order valence-corrected chi connectivity index (χ1v) is 12.6. The number of hydrogen-bond acceptors (Lipinski definition) is 9. The highest BCUT2D eigenvalue weighted by Gasteiger charge is 2.32. The van der Waals surface area contributed by atoms with Crippen molar-refractivity contribution in [3.8, 4) is 5.75 Å². The standard InChI is InChI=1S/C25H24N6O5S/c1-34-20-9-5-6-18(14-20)15-21-24(33)31(19-7-3-2-4-8-19)25(26-21)37-17-22(32)27-23-16-30(28-36-23)29-10-12-35-13-11-29/h2-9,14-16H,10-13,17H2,1H3/p+1/b21-15+. The molecular weight excluding hydrogens is 496 g/mol. The van der Waals surface area contributed by atoms with Crippen LogP contribution in [0.25, 0.3) is 6.08 Å². The third-order valence-electron chi connectivity index (χ3n) is 5.57. The van der Waals surface area contributed by atoms with E-state index in [1.807, 2.05) is 59.6 Å². The third-order valence-corrected chi connectivity index (χ3v) is 6.51. The minimum atomic E-state index is -0.316. The van der Waals surface area contributed by atoms with E-state index in [4.69, 9.17) is 14.0 Å². The molecule has 11 nitrogen and oxygen atoms in total. The molecule has 0 spiro atoms. The number of morpholine rings is 1. The highest BCUT2D eigenvalue weighted by molar-refractivity contribution is 8.14. The van der Waals surface area contributed by atoms with Crippen LogP contribution in [0, 0.1) is 0 Å². The molecular formula is C25H25N6O5S+. The van der Waals surface area contributed by atoms with Crippen molar-refractivity contribution in [1.29, 1.82) is 0 Å². The number of carbonyl (C=O) groups is 2. The molecule has 2 aliphatic rings. The van der Waals surface area contributed by atoms with Gasteiger partial charge in [0.15, 0.2) is 5.17 Å². The zero-order chi connectivity index (χ0) is 25.6. The Hall–Kier alpha value is -4.16. The molecule has 1 aromatic heterocycles. The van der Waals surface area contributed by atoms with Crippen molar-refractivity contribution in [2.45, 2.75) is 0 Å². The second kappa shape index (κ2) is 11.3. The van der Waals surface area contributed by atoms with Gasteiger partial charge >= 0.3 is 5.88 Å². The fourth-order valence-electron chi connectivity index (χ4n) is 3.78. The molecule has 190 valence electrons. The number of anilines is 2. The zero-order valence-electron chi connectivity index (χ0n) is 20.1. The molecule has 0 saturated carbocycles. The Morgan fingerprint density at radius 3 is 2.78 bits per heavy atom. The maximum Gasteiger partial charge on any atom is 0.305 e. The number of benzene rings is 2. The fraction of sp³-hybridized carbons (Fsp3) is 0.240. The topological polar surface area (TPSA) is 113 Å². The van der Waals surface area contributed by atoms with E-state index in [0.717, 1.165) is 17.3 Å². The van der Waals surface area contributed by atoms with Crippen molar-refractivity contribution in [2.75, 3.05) is 54.4 Å². The van der Waals surface area contributed by atoms with Gasteiger partial charge in [0.05, 0.1) is 49.6 Å². The van der Waals surface area contributed by atoms with Gasteiger partial charge in [-0.2, -0.15) is 0 Å². The summed E-state index contributed by atoms with van der Waals surface area (Å²) in [4.78, 5) is 33.6. The summed E-state index contributed by atoms with van der Waals surface area (Å²) in [7, 11) is 1.59. The minimum Gasteiger partial charge on any atom is -0.497 e. The van der Waals surface area contributed by atoms with Crippen LogP contribution in [0.1, 0.15) is 5.56 Å². The van der Waals surface area contributed by atoms with Gasteiger partial charge in [0.1, 0.15) is 11.4 Å². The summed E-state index contributed by atoms with van der Waals surface area (Å²) >= 11 is 1.16. The van der Waals surface area contributed by atoms with Gasteiger partial charge in [0.25, 0.3) is 12.1 Å². The number of amides is 2. The lowest BCUT2D eigenvalue weighted by Crippen LogP contribution is -2.62. The number of aliphatic imine (C=N–C) groups is 1. The Kier molecular flexibility index (Phi) is 7.47. The average molecular weight is 522 g/mol. The predicted molar refractivity (Wildman–Crippen MR) is 139 cm³/mol. The van der Waals surface area contributed by atoms with E-state index in [2.05, 4.69) is 15.6 Å². The first kappa shape index (κ1) is 24.5. The maximum absolute atomic E-state index is 13.3. The molecule has 0 unspecified atom stereocenters. The smallest absolute Gasteiger partial charge is 0.305 e. The van der Waals surface area contributed by atoms with E-state index in [1.54, 1.807) is 24.2 Å². The molecule has 0 aliphatic carbocycles. The number of hydrogen-bond donors (Lipinski definition) is 1. The largest absolute Gasteiger partial charge is 0.497 e. The minimum absolute atomic E-state index is 0.0140. The number of rotatable bonds is 7. The summed E-state index contributed by atoms with van der Waals surface area (Å²) in [6.07, 6.45) is 3.31. The number of aromatic nitrogens is 2. The molecule has 0 radical (unpaired) electrons. The predicted octanol–water partition coefficient (Wildman–Crippen LogP) is 2.05. The third kappa shape index (κ3) is 5.81. The molecule has 0 bridgehead atoms. The van der Waals surface area contributed by atoms with E-state index >= 15 is 0 Å². The molecule has 3 aromatic rings. The Labute approximate surface area is 217 Å². The van der Waals surface area contributed by atoms with Crippen molar-refractivity contribution in [3.05, 3.63) is 72.1 Å². The molecule has 3 heterocycles. The molecule has 1 N–H and O–H groups in total.